The summed E-state index contributed by atoms with van der Waals surface area (Å²) < 4.78 is 0. The number of carbonyl (C=O) groups is 1. The molecule has 5 heteroatoms. The second kappa shape index (κ2) is 5.89. The van der Waals surface area contributed by atoms with Gasteiger partial charge in [0, 0.05) is 29.4 Å². The number of pyridine rings is 1. The van der Waals surface area contributed by atoms with Gasteiger partial charge in [-0.15, -0.1) is 11.6 Å². The highest BCUT2D eigenvalue weighted by atomic mass is 35.5. The van der Waals surface area contributed by atoms with E-state index in [-0.39, 0.29) is 23.8 Å². The fourth-order valence-electron chi connectivity index (χ4n) is 2.01. The van der Waals surface area contributed by atoms with Crippen LogP contribution in [0.3, 0.4) is 0 Å². The molecule has 2 N–H and O–H groups in total. The number of aromatic nitrogens is 1. The van der Waals surface area contributed by atoms with Gasteiger partial charge in [0.25, 0.3) is 0 Å². The van der Waals surface area contributed by atoms with Crippen LogP contribution in [0.25, 0.3) is 10.9 Å². The lowest BCUT2D eigenvalue weighted by Crippen LogP contribution is -2.12. The quantitative estimate of drug-likeness (QED) is 0.845. The molecule has 2 rings (SSSR count). The van der Waals surface area contributed by atoms with E-state index in [1.807, 2.05) is 19.1 Å². The van der Waals surface area contributed by atoms with Crippen LogP contribution in [-0.4, -0.2) is 16.8 Å². The SMILES string of the molecule is CCc1cc(=O)[nH]c2cc(NC(=O)CCCl)ccc12. The van der Waals surface area contributed by atoms with Gasteiger partial charge in [-0.3, -0.25) is 9.59 Å². The van der Waals surface area contributed by atoms with Gasteiger partial charge in [-0.05, 0) is 24.1 Å². The molecule has 0 saturated carbocycles. The predicted molar refractivity (Wildman–Crippen MR) is 77.9 cm³/mol. The van der Waals surface area contributed by atoms with Crippen LogP contribution in [0.5, 0.6) is 0 Å². The Morgan fingerprint density at radius 3 is 2.84 bits per heavy atom. The van der Waals surface area contributed by atoms with Crippen LogP contribution in [0, 0.1) is 0 Å². The molecule has 0 unspecified atom stereocenters. The molecule has 1 aromatic carbocycles. The third kappa shape index (κ3) is 3.15. The van der Waals surface area contributed by atoms with E-state index >= 15 is 0 Å². The largest absolute Gasteiger partial charge is 0.326 e. The highest BCUT2D eigenvalue weighted by molar-refractivity contribution is 6.19. The summed E-state index contributed by atoms with van der Waals surface area (Å²) in [5.74, 6) is 0.152. The van der Waals surface area contributed by atoms with E-state index in [1.165, 1.54) is 0 Å². The molecule has 1 amide bonds. The van der Waals surface area contributed by atoms with Crippen molar-refractivity contribution in [3.63, 3.8) is 0 Å². The number of amides is 1. The van der Waals surface area contributed by atoms with Crippen molar-refractivity contribution in [2.45, 2.75) is 19.8 Å². The molecule has 100 valence electrons. The highest BCUT2D eigenvalue weighted by Gasteiger charge is 2.05. The molecular formula is C14H15ClN2O2. The Morgan fingerprint density at radius 2 is 2.16 bits per heavy atom. The van der Waals surface area contributed by atoms with E-state index in [9.17, 15) is 9.59 Å². The van der Waals surface area contributed by atoms with Crippen LogP contribution >= 0.6 is 11.6 Å². The summed E-state index contributed by atoms with van der Waals surface area (Å²) in [6, 6.07) is 7.10. The monoisotopic (exact) mass is 278 g/mol. The second-order valence-electron chi connectivity index (χ2n) is 4.26. The summed E-state index contributed by atoms with van der Waals surface area (Å²) in [5.41, 5.74) is 2.26. The van der Waals surface area contributed by atoms with Crippen molar-refractivity contribution in [1.29, 1.82) is 0 Å². The van der Waals surface area contributed by atoms with Gasteiger partial charge in [0.2, 0.25) is 11.5 Å². The molecule has 0 aliphatic carbocycles. The Hall–Kier alpha value is -1.81. The Kier molecular flexibility index (Phi) is 4.22. The van der Waals surface area contributed by atoms with E-state index in [0.29, 0.717) is 5.69 Å². The lowest BCUT2D eigenvalue weighted by molar-refractivity contribution is -0.115. The number of halogens is 1. The minimum absolute atomic E-state index is 0.131. The smallest absolute Gasteiger partial charge is 0.248 e. The van der Waals surface area contributed by atoms with Gasteiger partial charge in [0.05, 0.1) is 5.52 Å². The second-order valence-corrected chi connectivity index (χ2v) is 4.64. The molecule has 0 aliphatic heterocycles. The highest BCUT2D eigenvalue weighted by Crippen LogP contribution is 2.20. The van der Waals surface area contributed by atoms with Crippen molar-refractivity contribution in [2.75, 3.05) is 11.2 Å². The summed E-state index contributed by atoms with van der Waals surface area (Å²) in [6.45, 7) is 2.00. The molecular weight excluding hydrogens is 264 g/mol. The normalized spacial score (nSPS) is 10.6. The summed E-state index contributed by atoms with van der Waals surface area (Å²) in [6.07, 6.45) is 1.06. The average Bonchev–Trinajstić information content (AvgIpc) is 2.37. The molecule has 0 fully saturated rings. The number of aromatic amines is 1. The van der Waals surface area contributed by atoms with Gasteiger partial charge in [-0.2, -0.15) is 0 Å². The minimum Gasteiger partial charge on any atom is -0.326 e. The number of H-pyrrole nitrogens is 1. The minimum atomic E-state index is -0.136. The number of aryl methyl sites for hydroxylation is 1. The fourth-order valence-corrected chi connectivity index (χ4v) is 2.18. The molecule has 0 spiro atoms. The molecule has 0 saturated heterocycles. The van der Waals surface area contributed by atoms with Crippen molar-refractivity contribution >= 4 is 34.1 Å². The fraction of sp³-hybridized carbons (Fsp3) is 0.286. The molecule has 0 aliphatic rings. The molecule has 0 radical (unpaired) electrons. The first-order chi connectivity index (χ1) is 9.13. The van der Waals surface area contributed by atoms with Crippen LogP contribution < -0.4 is 10.9 Å². The summed E-state index contributed by atoms with van der Waals surface area (Å²) in [5, 5.41) is 3.74. The Morgan fingerprint density at radius 1 is 1.37 bits per heavy atom. The van der Waals surface area contributed by atoms with E-state index in [1.54, 1.807) is 12.1 Å². The first-order valence-electron chi connectivity index (χ1n) is 6.16. The maximum Gasteiger partial charge on any atom is 0.248 e. The molecule has 1 aromatic heterocycles. The van der Waals surface area contributed by atoms with Gasteiger partial charge in [0.1, 0.15) is 0 Å². The van der Waals surface area contributed by atoms with Crippen molar-refractivity contribution < 1.29 is 4.79 Å². The number of benzene rings is 1. The van der Waals surface area contributed by atoms with E-state index in [0.717, 1.165) is 22.9 Å². The summed E-state index contributed by atoms with van der Waals surface area (Å²) >= 11 is 5.51. The van der Waals surface area contributed by atoms with E-state index < -0.39 is 0 Å². The Labute approximate surface area is 115 Å². The number of hydrogen-bond donors (Lipinski definition) is 2. The first kappa shape index (κ1) is 13.6. The Bertz CT molecular complexity index is 664. The average molecular weight is 279 g/mol. The van der Waals surface area contributed by atoms with Gasteiger partial charge in [-0.25, -0.2) is 0 Å². The molecule has 0 atom stereocenters. The molecule has 1 heterocycles. The van der Waals surface area contributed by atoms with Gasteiger partial charge in [0.15, 0.2) is 0 Å². The van der Waals surface area contributed by atoms with Crippen molar-refractivity contribution in [1.82, 2.24) is 4.98 Å². The number of hydrogen-bond acceptors (Lipinski definition) is 2. The van der Waals surface area contributed by atoms with Gasteiger partial charge < -0.3 is 10.3 Å². The van der Waals surface area contributed by atoms with Crippen LogP contribution in [0.4, 0.5) is 5.69 Å². The molecule has 4 nitrogen and oxygen atoms in total. The zero-order valence-corrected chi connectivity index (χ0v) is 11.4. The molecule has 0 bridgehead atoms. The van der Waals surface area contributed by atoms with E-state index in [2.05, 4.69) is 10.3 Å². The van der Waals surface area contributed by atoms with Gasteiger partial charge >= 0.3 is 0 Å². The summed E-state index contributed by atoms with van der Waals surface area (Å²) in [4.78, 5) is 25.8. The number of nitrogens with one attached hydrogen (secondary N) is 2. The topological polar surface area (TPSA) is 62.0 Å². The lowest BCUT2D eigenvalue weighted by Gasteiger charge is -2.08. The summed E-state index contributed by atoms with van der Waals surface area (Å²) in [7, 11) is 0. The number of alkyl halides is 1. The third-order valence-corrected chi connectivity index (χ3v) is 3.10. The molecule has 2 aromatic rings. The van der Waals surface area contributed by atoms with Crippen molar-refractivity contribution in [2.24, 2.45) is 0 Å². The van der Waals surface area contributed by atoms with Crippen LogP contribution in [0.15, 0.2) is 29.1 Å². The Balaban J connectivity index is 2.40. The molecule has 19 heavy (non-hydrogen) atoms. The van der Waals surface area contributed by atoms with Gasteiger partial charge in [-0.1, -0.05) is 13.0 Å². The predicted octanol–water partition coefficient (Wildman–Crippen LogP) is 2.66. The standard InChI is InChI=1S/C14H15ClN2O2/c1-2-9-7-14(19)17-12-8-10(3-4-11(9)12)16-13(18)5-6-15/h3-4,7-8H,2,5-6H2,1H3,(H,16,18)(H,17,19). The van der Waals surface area contributed by atoms with Crippen molar-refractivity contribution in [3.8, 4) is 0 Å². The zero-order chi connectivity index (χ0) is 13.8. The number of rotatable bonds is 4. The maximum atomic E-state index is 11.5. The van der Waals surface area contributed by atoms with Crippen LogP contribution in [0.2, 0.25) is 0 Å². The van der Waals surface area contributed by atoms with Crippen LogP contribution in [0.1, 0.15) is 18.9 Å². The first-order valence-corrected chi connectivity index (χ1v) is 6.69. The van der Waals surface area contributed by atoms with E-state index in [4.69, 9.17) is 11.6 Å². The number of anilines is 1. The third-order valence-electron chi connectivity index (χ3n) is 2.91. The number of carbonyl (C=O) groups excluding carboxylic acids is 1. The van der Waals surface area contributed by atoms with Crippen LogP contribution in [-0.2, 0) is 11.2 Å². The number of fused-ring (bicyclic) bond motifs is 1. The van der Waals surface area contributed by atoms with Crippen molar-refractivity contribution in [3.05, 3.63) is 40.2 Å². The lowest BCUT2D eigenvalue weighted by atomic mass is 10.1. The zero-order valence-electron chi connectivity index (χ0n) is 10.6. The maximum absolute atomic E-state index is 11.5.